The highest BCUT2D eigenvalue weighted by molar-refractivity contribution is 7.14. The summed E-state index contributed by atoms with van der Waals surface area (Å²) in [4.78, 5) is 27.0. The maximum absolute atomic E-state index is 11.7. The summed E-state index contributed by atoms with van der Waals surface area (Å²) in [6.07, 6.45) is 1.26. The summed E-state index contributed by atoms with van der Waals surface area (Å²) >= 11 is 1.47. The highest BCUT2D eigenvalue weighted by Crippen LogP contribution is 2.27. The number of nitrogens with zero attached hydrogens (tertiary/aromatic N) is 1. The molecule has 0 bridgehead atoms. The molecule has 1 aromatic rings. The van der Waals surface area contributed by atoms with Crippen molar-refractivity contribution in [1.29, 1.82) is 0 Å². The summed E-state index contributed by atoms with van der Waals surface area (Å²) in [7, 11) is 0. The number of carbonyl (C=O) groups is 2. The number of rotatable bonds is 3. The molecule has 0 fully saturated rings. The third-order valence-corrected chi connectivity index (χ3v) is 4.38. The summed E-state index contributed by atoms with van der Waals surface area (Å²) in [5.74, 6) is -0.257. The molecule has 0 atom stereocenters. The molecule has 2 rings (SSSR count). The normalized spacial score (nSPS) is 14.4. The van der Waals surface area contributed by atoms with Gasteiger partial charge in [0.15, 0.2) is 0 Å². The largest absolute Gasteiger partial charge is 0.462 e. The Morgan fingerprint density at radius 3 is 2.60 bits per heavy atom. The molecule has 0 spiro atoms. The summed E-state index contributed by atoms with van der Waals surface area (Å²) < 4.78 is 10.0. The van der Waals surface area contributed by atoms with Crippen molar-refractivity contribution in [3.63, 3.8) is 0 Å². The van der Waals surface area contributed by atoms with Crippen LogP contribution in [0.2, 0.25) is 0 Å². The number of esters is 1. The Morgan fingerprint density at radius 2 is 1.90 bits per heavy atom. The molecular weight excluding hydrogens is 278 g/mol. The molecule has 1 aliphatic heterocycles. The lowest BCUT2D eigenvalue weighted by Crippen LogP contribution is -2.33. The molecule has 0 aromatic carbocycles. The van der Waals surface area contributed by atoms with E-state index in [2.05, 4.69) is 0 Å². The highest BCUT2D eigenvalue weighted by Gasteiger charge is 2.22. The van der Waals surface area contributed by atoms with Crippen molar-refractivity contribution < 1.29 is 19.1 Å². The molecule has 0 radical (unpaired) electrons. The molecule has 110 valence electrons. The molecule has 1 aromatic heterocycles. The minimum absolute atomic E-state index is 0.256. The maximum Gasteiger partial charge on any atom is 0.409 e. The van der Waals surface area contributed by atoms with Gasteiger partial charge < -0.3 is 14.4 Å². The zero-order valence-corrected chi connectivity index (χ0v) is 12.6. The van der Waals surface area contributed by atoms with Crippen molar-refractivity contribution in [2.75, 3.05) is 26.3 Å². The lowest BCUT2D eigenvalue weighted by Gasteiger charge is -2.19. The van der Waals surface area contributed by atoms with Crippen molar-refractivity contribution in [1.82, 2.24) is 4.90 Å². The summed E-state index contributed by atoms with van der Waals surface area (Å²) in [6.45, 7) is 5.65. The zero-order chi connectivity index (χ0) is 14.5. The molecule has 2 heterocycles. The second-order valence-corrected chi connectivity index (χ2v) is 5.60. The van der Waals surface area contributed by atoms with Gasteiger partial charge in [-0.05, 0) is 38.3 Å². The van der Waals surface area contributed by atoms with Crippen LogP contribution in [0.5, 0.6) is 0 Å². The van der Waals surface area contributed by atoms with Crippen LogP contribution in [0.25, 0.3) is 0 Å². The van der Waals surface area contributed by atoms with Crippen molar-refractivity contribution in [2.24, 2.45) is 0 Å². The Bertz CT molecular complexity index is 472. The lowest BCUT2D eigenvalue weighted by molar-refractivity contribution is 0.0531. The van der Waals surface area contributed by atoms with Gasteiger partial charge in [0.25, 0.3) is 0 Å². The van der Waals surface area contributed by atoms with Crippen molar-refractivity contribution in [2.45, 2.75) is 26.7 Å². The first-order valence-electron chi connectivity index (χ1n) is 6.86. The van der Waals surface area contributed by atoms with Gasteiger partial charge in [0.1, 0.15) is 4.88 Å². The van der Waals surface area contributed by atoms with Gasteiger partial charge in [-0.3, -0.25) is 0 Å². The van der Waals surface area contributed by atoms with E-state index >= 15 is 0 Å². The molecule has 0 aliphatic carbocycles. The number of fused-ring (bicyclic) bond motifs is 1. The van der Waals surface area contributed by atoms with Crippen LogP contribution < -0.4 is 0 Å². The minimum Gasteiger partial charge on any atom is -0.462 e. The van der Waals surface area contributed by atoms with Crippen molar-refractivity contribution in [3.8, 4) is 0 Å². The second-order valence-electron chi connectivity index (χ2n) is 4.47. The molecule has 1 aliphatic rings. The Balaban J connectivity index is 2.03. The fraction of sp³-hybridized carbons (Fsp3) is 0.571. The van der Waals surface area contributed by atoms with E-state index in [9.17, 15) is 9.59 Å². The average Bonchev–Trinajstić information content (AvgIpc) is 2.73. The number of hydrogen-bond donors (Lipinski definition) is 0. The fourth-order valence-corrected chi connectivity index (χ4v) is 3.29. The van der Waals surface area contributed by atoms with Gasteiger partial charge in [-0.15, -0.1) is 11.3 Å². The van der Waals surface area contributed by atoms with Gasteiger partial charge in [0.2, 0.25) is 0 Å². The van der Waals surface area contributed by atoms with Gasteiger partial charge in [-0.2, -0.15) is 0 Å². The Morgan fingerprint density at radius 1 is 1.20 bits per heavy atom. The van der Waals surface area contributed by atoms with E-state index in [0.717, 1.165) is 18.4 Å². The van der Waals surface area contributed by atoms with E-state index in [0.29, 0.717) is 31.2 Å². The number of carbonyl (C=O) groups excluding carboxylic acids is 2. The van der Waals surface area contributed by atoms with Crippen LogP contribution in [0.3, 0.4) is 0 Å². The first kappa shape index (κ1) is 14.8. The predicted molar refractivity (Wildman–Crippen MR) is 76.3 cm³/mol. The smallest absolute Gasteiger partial charge is 0.409 e. The van der Waals surface area contributed by atoms with Gasteiger partial charge in [0, 0.05) is 18.0 Å². The highest BCUT2D eigenvalue weighted by atomic mass is 32.1. The molecule has 5 nitrogen and oxygen atoms in total. The SMILES string of the molecule is CCOC(=O)c1cc2c(s1)CCN(C(=O)OCC)CC2. The van der Waals surface area contributed by atoms with E-state index in [1.807, 2.05) is 6.07 Å². The van der Waals surface area contributed by atoms with Gasteiger partial charge in [0.05, 0.1) is 13.2 Å². The van der Waals surface area contributed by atoms with E-state index in [4.69, 9.17) is 9.47 Å². The number of ether oxygens (including phenoxy) is 2. The first-order chi connectivity index (χ1) is 9.65. The van der Waals surface area contributed by atoms with Crippen LogP contribution in [0.1, 0.15) is 34.0 Å². The third-order valence-electron chi connectivity index (χ3n) is 3.16. The molecule has 20 heavy (non-hydrogen) atoms. The molecular formula is C14H19NO4S. The van der Waals surface area contributed by atoms with E-state index in [1.165, 1.54) is 16.2 Å². The van der Waals surface area contributed by atoms with Crippen LogP contribution >= 0.6 is 11.3 Å². The Hall–Kier alpha value is -1.56. The molecule has 1 amide bonds. The van der Waals surface area contributed by atoms with Crippen LogP contribution in [-0.2, 0) is 22.3 Å². The number of hydrogen-bond acceptors (Lipinski definition) is 5. The van der Waals surface area contributed by atoms with Crippen LogP contribution in [0.15, 0.2) is 6.07 Å². The van der Waals surface area contributed by atoms with E-state index < -0.39 is 0 Å². The fourth-order valence-electron chi connectivity index (χ4n) is 2.19. The Kier molecular flexibility index (Phi) is 5.00. The second kappa shape index (κ2) is 6.74. The topological polar surface area (TPSA) is 55.8 Å². The average molecular weight is 297 g/mol. The zero-order valence-electron chi connectivity index (χ0n) is 11.8. The van der Waals surface area contributed by atoms with Gasteiger partial charge in [-0.1, -0.05) is 0 Å². The lowest BCUT2D eigenvalue weighted by atomic mass is 10.1. The Labute approximate surface area is 122 Å². The summed E-state index contributed by atoms with van der Waals surface area (Å²) in [5, 5.41) is 0. The number of amides is 1. The summed E-state index contributed by atoms with van der Waals surface area (Å²) in [6, 6.07) is 1.90. The molecule has 0 saturated carbocycles. The summed E-state index contributed by atoms with van der Waals surface area (Å²) in [5.41, 5.74) is 1.14. The third kappa shape index (κ3) is 3.30. The van der Waals surface area contributed by atoms with Crippen LogP contribution in [-0.4, -0.2) is 43.3 Å². The molecule has 6 heteroatoms. The van der Waals surface area contributed by atoms with Crippen LogP contribution in [0.4, 0.5) is 4.79 Å². The predicted octanol–water partition coefficient (Wildman–Crippen LogP) is 2.48. The molecule has 0 saturated heterocycles. The molecule has 0 unspecified atom stereocenters. The molecule has 0 N–H and O–H groups in total. The van der Waals surface area contributed by atoms with Crippen LogP contribution in [0, 0.1) is 0 Å². The van der Waals surface area contributed by atoms with E-state index in [1.54, 1.807) is 18.7 Å². The van der Waals surface area contributed by atoms with E-state index in [-0.39, 0.29) is 12.1 Å². The van der Waals surface area contributed by atoms with Crippen molar-refractivity contribution in [3.05, 3.63) is 21.4 Å². The quantitative estimate of drug-likeness (QED) is 0.804. The monoisotopic (exact) mass is 297 g/mol. The maximum atomic E-state index is 11.7. The first-order valence-corrected chi connectivity index (χ1v) is 7.67. The number of thiophene rings is 1. The minimum atomic E-state index is -0.257. The van der Waals surface area contributed by atoms with Gasteiger partial charge in [-0.25, -0.2) is 9.59 Å². The standard InChI is InChI=1S/C14H19NO4S/c1-3-18-13(16)12-9-10-5-7-15(14(17)19-4-2)8-6-11(10)20-12/h9H,3-8H2,1-2H3. The van der Waals surface area contributed by atoms with Crippen molar-refractivity contribution >= 4 is 23.4 Å². The van der Waals surface area contributed by atoms with Gasteiger partial charge >= 0.3 is 12.1 Å².